The lowest BCUT2D eigenvalue weighted by Crippen LogP contribution is -2.55. The van der Waals surface area contributed by atoms with E-state index in [-0.39, 0.29) is 35.3 Å². The summed E-state index contributed by atoms with van der Waals surface area (Å²) >= 11 is 0. The zero-order chi connectivity index (χ0) is 24.5. The van der Waals surface area contributed by atoms with Crippen molar-refractivity contribution < 1.29 is 39.5 Å². The highest BCUT2D eigenvalue weighted by Gasteiger charge is 2.69. The van der Waals surface area contributed by atoms with Crippen LogP contribution in [0.2, 0.25) is 0 Å². The van der Waals surface area contributed by atoms with E-state index in [2.05, 4.69) is 0 Å². The lowest BCUT2D eigenvalue weighted by atomic mass is 9.80. The lowest BCUT2D eigenvalue weighted by Gasteiger charge is -2.39. The molecule has 0 aliphatic carbocycles. The molecule has 2 saturated heterocycles. The molecule has 3 rings (SSSR count). The van der Waals surface area contributed by atoms with Crippen molar-refractivity contribution in [3.8, 4) is 11.5 Å². The summed E-state index contributed by atoms with van der Waals surface area (Å²) in [5.74, 6) is -1.96. The second kappa shape index (κ2) is 10.1. The van der Waals surface area contributed by atoms with Gasteiger partial charge in [-0.2, -0.15) is 0 Å². The van der Waals surface area contributed by atoms with Crippen LogP contribution in [0.3, 0.4) is 0 Å². The molecule has 8 heteroatoms. The highest BCUT2D eigenvalue weighted by atomic mass is 16.7. The number of phenolic OH excluding ortho intramolecular Hbond substituents is 2. The number of phenols is 2. The van der Waals surface area contributed by atoms with Crippen molar-refractivity contribution in [3.63, 3.8) is 0 Å². The van der Waals surface area contributed by atoms with Crippen molar-refractivity contribution >= 4 is 12.1 Å². The van der Waals surface area contributed by atoms with Crippen LogP contribution >= 0.6 is 0 Å². The van der Waals surface area contributed by atoms with Crippen LogP contribution in [-0.4, -0.2) is 62.7 Å². The molecule has 1 spiro atoms. The Labute approximate surface area is 194 Å². The zero-order valence-corrected chi connectivity index (χ0v) is 19.8. The summed E-state index contributed by atoms with van der Waals surface area (Å²) in [6, 6.07) is 1.43. The Hall–Kier alpha value is -2.00. The molecule has 2 fully saturated rings. The number of Topliss-reactive ketones (excluding diaryl/α,β-unsaturated/α-hetero) is 1. The number of ether oxygens (including phenoxy) is 2. The molecular weight excluding hydrogens is 428 g/mol. The van der Waals surface area contributed by atoms with E-state index in [1.54, 1.807) is 0 Å². The summed E-state index contributed by atoms with van der Waals surface area (Å²) in [5, 5.41) is 42.5. The first-order valence-electron chi connectivity index (χ1n) is 11.9. The monoisotopic (exact) mass is 464 g/mol. The third-order valence-corrected chi connectivity index (χ3v) is 6.79. The predicted molar refractivity (Wildman–Crippen MR) is 120 cm³/mol. The number of hydrogen-bond donors (Lipinski definition) is 4. The second-order valence-electron chi connectivity index (χ2n) is 9.70. The first kappa shape index (κ1) is 25.6. The van der Waals surface area contributed by atoms with Gasteiger partial charge in [0.2, 0.25) is 0 Å². The van der Waals surface area contributed by atoms with Crippen molar-refractivity contribution in [1.29, 1.82) is 0 Å². The quantitative estimate of drug-likeness (QED) is 0.235. The number of carbonyl (C=O) groups is 2. The van der Waals surface area contributed by atoms with E-state index < -0.39 is 41.5 Å². The van der Waals surface area contributed by atoms with Crippen LogP contribution in [0.4, 0.5) is 0 Å². The van der Waals surface area contributed by atoms with Crippen molar-refractivity contribution in [1.82, 2.24) is 0 Å². The third-order valence-electron chi connectivity index (χ3n) is 6.79. The fourth-order valence-corrected chi connectivity index (χ4v) is 5.06. The van der Waals surface area contributed by atoms with Gasteiger partial charge in [0.05, 0.1) is 29.4 Å². The fourth-order valence-electron chi connectivity index (χ4n) is 5.06. The Kier molecular flexibility index (Phi) is 7.84. The minimum Gasteiger partial charge on any atom is -0.507 e. The number of carbonyl (C=O) groups excluding carboxylic acids is 2. The fraction of sp³-hybridized carbons (Fsp3) is 0.680. The summed E-state index contributed by atoms with van der Waals surface area (Å²) in [7, 11) is 0. The van der Waals surface area contributed by atoms with Gasteiger partial charge in [-0.3, -0.25) is 9.59 Å². The third kappa shape index (κ3) is 4.67. The number of benzene rings is 1. The molecule has 184 valence electrons. The van der Waals surface area contributed by atoms with E-state index in [1.807, 2.05) is 27.7 Å². The molecule has 2 aliphatic heterocycles. The Morgan fingerprint density at radius 2 is 1.91 bits per heavy atom. The largest absolute Gasteiger partial charge is 0.507 e. The first-order chi connectivity index (χ1) is 15.6. The van der Waals surface area contributed by atoms with Gasteiger partial charge >= 0.3 is 0 Å². The molecule has 1 aromatic carbocycles. The van der Waals surface area contributed by atoms with Crippen LogP contribution in [0.15, 0.2) is 6.07 Å². The number of ketones is 1. The molecule has 0 radical (unpaired) electrons. The first-order valence-corrected chi connectivity index (χ1v) is 11.9. The molecule has 2 aliphatic rings. The zero-order valence-electron chi connectivity index (χ0n) is 19.8. The maximum Gasteiger partial charge on any atom is 0.189 e. The Morgan fingerprint density at radius 1 is 1.21 bits per heavy atom. The standard InChI is InChI=1S/C25H36O8/c1-5-7-15(18-11-19(27)25(24(31)32-18)20(33-25)8-6-2)22(29)16-10-14(9-13(3)4)21(28)17(12-26)23(16)30/h10,12-13,15,18-20,24,27-28,30-31H,5-9,11H2,1-4H3/t15-,18-,19-,20+,24-,25-/m1/s1. The van der Waals surface area contributed by atoms with Crippen molar-refractivity contribution in [2.24, 2.45) is 11.8 Å². The van der Waals surface area contributed by atoms with E-state index in [4.69, 9.17) is 9.47 Å². The molecule has 8 nitrogen and oxygen atoms in total. The summed E-state index contributed by atoms with van der Waals surface area (Å²) in [4.78, 5) is 25.2. The van der Waals surface area contributed by atoms with Gasteiger partial charge in [-0.05, 0) is 36.8 Å². The van der Waals surface area contributed by atoms with Crippen LogP contribution in [0.5, 0.6) is 11.5 Å². The van der Waals surface area contributed by atoms with Crippen LogP contribution in [0, 0.1) is 11.8 Å². The van der Waals surface area contributed by atoms with E-state index in [9.17, 15) is 30.0 Å². The number of aldehydes is 1. The van der Waals surface area contributed by atoms with Crippen LogP contribution < -0.4 is 0 Å². The molecule has 2 heterocycles. The molecule has 0 saturated carbocycles. The number of aliphatic hydroxyl groups excluding tert-OH is 2. The van der Waals surface area contributed by atoms with Gasteiger partial charge in [0.1, 0.15) is 11.5 Å². The van der Waals surface area contributed by atoms with Gasteiger partial charge in [-0.25, -0.2) is 0 Å². The minimum absolute atomic E-state index is 0.0663. The second-order valence-corrected chi connectivity index (χ2v) is 9.70. The summed E-state index contributed by atoms with van der Waals surface area (Å²) in [6.07, 6.45) is -0.0366. The normalized spacial score (nSPS) is 29.9. The van der Waals surface area contributed by atoms with Gasteiger partial charge in [-0.15, -0.1) is 0 Å². The molecule has 0 amide bonds. The van der Waals surface area contributed by atoms with Crippen molar-refractivity contribution in [2.75, 3.05) is 0 Å². The van der Waals surface area contributed by atoms with Gasteiger partial charge in [0, 0.05) is 12.3 Å². The highest BCUT2D eigenvalue weighted by molar-refractivity contribution is 6.04. The maximum absolute atomic E-state index is 13.6. The number of aromatic hydroxyl groups is 2. The smallest absolute Gasteiger partial charge is 0.189 e. The van der Waals surface area contributed by atoms with Crippen LogP contribution in [0.25, 0.3) is 0 Å². The average molecular weight is 465 g/mol. The van der Waals surface area contributed by atoms with Gasteiger partial charge in [0.15, 0.2) is 24.0 Å². The van der Waals surface area contributed by atoms with Crippen molar-refractivity contribution in [2.45, 2.75) is 96.4 Å². The van der Waals surface area contributed by atoms with E-state index in [1.165, 1.54) is 6.07 Å². The van der Waals surface area contributed by atoms with Crippen LogP contribution in [-0.2, 0) is 15.9 Å². The topological polar surface area (TPSA) is 137 Å². The molecule has 0 aromatic heterocycles. The lowest BCUT2D eigenvalue weighted by molar-refractivity contribution is -0.239. The molecule has 1 aromatic rings. The molecular formula is C25H36O8. The van der Waals surface area contributed by atoms with E-state index in [0.29, 0.717) is 37.5 Å². The molecule has 6 atom stereocenters. The SMILES string of the molecule is CCC[C@@H]1O[C@]12[C@H](O)C[C@H]([C@@H](CCC)C(=O)c1cc(CC(C)C)c(O)c(C=O)c1O)O[C@H]2O. The Morgan fingerprint density at radius 3 is 2.45 bits per heavy atom. The number of rotatable bonds is 10. The Balaban J connectivity index is 1.92. The predicted octanol–water partition coefficient (Wildman–Crippen LogP) is 3.11. The molecule has 0 unspecified atom stereocenters. The molecule has 33 heavy (non-hydrogen) atoms. The maximum atomic E-state index is 13.6. The summed E-state index contributed by atoms with van der Waals surface area (Å²) in [5.41, 5.74) is -1.13. The summed E-state index contributed by atoms with van der Waals surface area (Å²) < 4.78 is 11.5. The number of epoxide rings is 1. The van der Waals surface area contributed by atoms with Gasteiger partial charge in [0.25, 0.3) is 0 Å². The average Bonchev–Trinajstić information content (AvgIpc) is 3.47. The molecule has 0 bridgehead atoms. The van der Waals surface area contributed by atoms with E-state index in [0.717, 1.165) is 6.42 Å². The van der Waals surface area contributed by atoms with E-state index >= 15 is 0 Å². The number of aliphatic hydroxyl groups is 2. The highest BCUT2D eigenvalue weighted by Crippen LogP contribution is 2.51. The number of hydrogen-bond acceptors (Lipinski definition) is 8. The molecule has 4 N–H and O–H groups in total. The van der Waals surface area contributed by atoms with Gasteiger partial charge < -0.3 is 29.9 Å². The van der Waals surface area contributed by atoms with Gasteiger partial charge in [-0.1, -0.05) is 40.5 Å². The van der Waals surface area contributed by atoms with Crippen LogP contribution in [0.1, 0.15) is 86.1 Å². The summed E-state index contributed by atoms with van der Waals surface area (Å²) in [6.45, 7) is 7.77. The Bertz CT molecular complexity index is 868. The minimum atomic E-state index is -1.37. The van der Waals surface area contributed by atoms with Crippen molar-refractivity contribution in [3.05, 3.63) is 22.8 Å².